The van der Waals surface area contributed by atoms with Gasteiger partial charge < -0.3 is 9.64 Å². The number of halogens is 1. The van der Waals surface area contributed by atoms with Crippen molar-refractivity contribution >= 4 is 27.8 Å². The van der Waals surface area contributed by atoms with Crippen LogP contribution in [0.1, 0.15) is 11.3 Å². The summed E-state index contributed by atoms with van der Waals surface area (Å²) >= 11 is 3.57. The van der Waals surface area contributed by atoms with Crippen molar-refractivity contribution in [1.29, 1.82) is 0 Å². The molecule has 7 heteroatoms. The molecule has 0 atom stereocenters. The largest absolute Gasteiger partial charge is 0.378 e. The van der Waals surface area contributed by atoms with Crippen molar-refractivity contribution in [2.24, 2.45) is 5.92 Å². The van der Waals surface area contributed by atoms with Gasteiger partial charge in [-0.25, -0.2) is 14.8 Å². The smallest absolute Gasteiger partial charge is 0.323 e. The lowest BCUT2D eigenvalue weighted by Crippen LogP contribution is -2.52. The van der Waals surface area contributed by atoms with E-state index in [1.165, 1.54) is 11.9 Å². The Kier molecular flexibility index (Phi) is 5.42. The number of amides is 2. The highest BCUT2D eigenvalue weighted by Crippen LogP contribution is 2.25. The van der Waals surface area contributed by atoms with Gasteiger partial charge in [0.05, 0.1) is 12.3 Å². The van der Waals surface area contributed by atoms with Crippen molar-refractivity contribution in [3.05, 3.63) is 52.4 Å². The Hall–Kier alpha value is -1.99. The summed E-state index contributed by atoms with van der Waals surface area (Å²) in [7, 11) is 1.60. The minimum absolute atomic E-state index is 0.125. The molecule has 3 rings (SSSR count). The molecule has 1 aliphatic rings. The van der Waals surface area contributed by atoms with Gasteiger partial charge in [-0.1, -0.05) is 34.1 Å². The van der Waals surface area contributed by atoms with E-state index in [4.69, 9.17) is 4.74 Å². The number of benzene rings is 1. The van der Waals surface area contributed by atoms with Crippen molar-refractivity contribution < 1.29 is 9.53 Å². The molecule has 1 aromatic heterocycles. The Bertz CT molecular complexity index is 719. The van der Waals surface area contributed by atoms with Crippen LogP contribution < -0.4 is 5.32 Å². The van der Waals surface area contributed by atoms with Gasteiger partial charge in [-0.05, 0) is 24.0 Å². The Morgan fingerprint density at radius 3 is 2.92 bits per heavy atom. The SMILES string of the molecule is COCc1cc(NC(=O)N2CC(Cc3ccccc3Br)C2)ncn1. The zero-order valence-corrected chi connectivity index (χ0v) is 15.0. The lowest BCUT2D eigenvalue weighted by molar-refractivity contribution is 0.131. The van der Waals surface area contributed by atoms with Crippen LogP contribution >= 0.6 is 15.9 Å². The molecule has 0 radical (unpaired) electrons. The molecule has 1 saturated heterocycles. The van der Waals surface area contributed by atoms with E-state index in [0.717, 1.165) is 29.7 Å². The molecule has 2 heterocycles. The fourth-order valence-corrected chi connectivity index (χ4v) is 3.17. The molecule has 2 amide bonds. The summed E-state index contributed by atoms with van der Waals surface area (Å²) in [5, 5.41) is 2.81. The predicted octanol–water partition coefficient (Wildman–Crippen LogP) is 3.09. The van der Waals surface area contributed by atoms with Crippen LogP contribution in [-0.2, 0) is 17.8 Å². The maximum atomic E-state index is 12.2. The molecular weight excluding hydrogens is 372 g/mol. The number of anilines is 1. The molecule has 6 nitrogen and oxygen atoms in total. The van der Waals surface area contributed by atoms with E-state index in [1.54, 1.807) is 18.1 Å². The van der Waals surface area contributed by atoms with Crippen molar-refractivity contribution in [2.45, 2.75) is 13.0 Å². The third kappa shape index (κ3) is 4.10. The number of carbonyl (C=O) groups excluding carboxylic acids is 1. The quantitative estimate of drug-likeness (QED) is 0.851. The monoisotopic (exact) mass is 390 g/mol. The Morgan fingerprint density at radius 2 is 2.17 bits per heavy atom. The summed E-state index contributed by atoms with van der Waals surface area (Å²) in [5.41, 5.74) is 2.01. The highest BCUT2D eigenvalue weighted by Gasteiger charge is 2.31. The normalized spacial score (nSPS) is 14.3. The molecular formula is C17H19BrN4O2. The molecule has 0 unspecified atom stereocenters. The molecule has 1 N–H and O–H groups in total. The maximum absolute atomic E-state index is 12.2. The van der Waals surface area contributed by atoms with Crippen LogP contribution in [0.25, 0.3) is 0 Å². The van der Waals surface area contributed by atoms with E-state index >= 15 is 0 Å². The average molecular weight is 391 g/mol. The topological polar surface area (TPSA) is 67.3 Å². The van der Waals surface area contributed by atoms with E-state index in [1.807, 2.05) is 18.2 Å². The number of nitrogens with zero attached hydrogens (tertiary/aromatic N) is 3. The number of rotatable bonds is 5. The number of likely N-dealkylation sites (tertiary alicyclic amines) is 1. The molecule has 1 aromatic carbocycles. The number of aromatic nitrogens is 2. The van der Waals surface area contributed by atoms with Gasteiger partial charge in [0.25, 0.3) is 0 Å². The van der Waals surface area contributed by atoms with Crippen LogP contribution in [-0.4, -0.2) is 41.1 Å². The molecule has 0 spiro atoms. The van der Waals surface area contributed by atoms with Gasteiger partial charge in [0.1, 0.15) is 12.1 Å². The summed E-state index contributed by atoms with van der Waals surface area (Å²) in [6.07, 6.45) is 2.40. The summed E-state index contributed by atoms with van der Waals surface area (Å²) in [6.45, 7) is 1.90. The number of methoxy groups -OCH3 is 1. The second-order valence-corrected chi connectivity index (χ2v) is 6.68. The van der Waals surface area contributed by atoms with Crippen LogP contribution in [0.3, 0.4) is 0 Å². The molecule has 0 saturated carbocycles. The minimum atomic E-state index is -0.125. The fraction of sp³-hybridized carbons (Fsp3) is 0.353. The van der Waals surface area contributed by atoms with E-state index in [9.17, 15) is 4.79 Å². The second-order valence-electron chi connectivity index (χ2n) is 5.82. The van der Waals surface area contributed by atoms with Crippen LogP contribution in [0.4, 0.5) is 10.6 Å². The molecule has 1 aliphatic heterocycles. The zero-order valence-electron chi connectivity index (χ0n) is 13.4. The van der Waals surface area contributed by atoms with Crippen molar-refractivity contribution in [2.75, 3.05) is 25.5 Å². The summed E-state index contributed by atoms with van der Waals surface area (Å²) in [6, 6.07) is 9.81. The summed E-state index contributed by atoms with van der Waals surface area (Å²) < 4.78 is 6.16. The Balaban J connectivity index is 1.50. The number of carbonyl (C=O) groups is 1. The van der Waals surface area contributed by atoms with Gasteiger partial charge in [-0.15, -0.1) is 0 Å². The van der Waals surface area contributed by atoms with Gasteiger partial charge in [-0.2, -0.15) is 0 Å². The standard InChI is InChI=1S/C17H19BrN4O2/c1-24-10-14-7-16(20-11-19-14)21-17(23)22-8-12(9-22)6-13-4-2-3-5-15(13)18/h2-5,7,11-12H,6,8-10H2,1H3,(H,19,20,21,23). The van der Waals surface area contributed by atoms with Gasteiger partial charge >= 0.3 is 6.03 Å². The third-order valence-corrected chi connectivity index (χ3v) is 4.74. The predicted molar refractivity (Wildman–Crippen MR) is 94.7 cm³/mol. The number of urea groups is 1. The second kappa shape index (κ2) is 7.72. The summed E-state index contributed by atoms with van der Waals surface area (Å²) in [5.74, 6) is 0.986. The van der Waals surface area contributed by atoms with Crippen molar-refractivity contribution in [3.63, 3.8) is 0 Å². The Labute approximate surface area is 149 Å². The number of hydrogen-bond donors (Lipinski definition) is 1. The molecule has 0 bridgehead atoms. The van der Waals surface area contributed by atoms with E-state index in [0.29, 0.717) is 18.3 Å². The van der Waals surface area contributed by atoms with Gasteiger partial charge in [-0.3, -0.25) is 5.32 Å². The number of ether oxygens (including phenoxy) is 1. The first kappa shape index (κ1) is 16.9. The Morgan fingerprint density at radius 1 is 1.38 bits per heavy atom. The first-order valence-electron chi connectivity index (χ1n) is 7.75. The minimum Gasteiger partial charge on any atom is -0.378 e. The zero-order chi connectivity index (χ0) is 16.9. The van der Waals surface area contributed by atoms with Gasteiger partial charge in [0.2, 0.25) is 0 Å². The fourth-order valence-electron chi connectivity index (χ4n) is 2.72. The first-order chi connectivity index (χ1) is 11.7. The van der Waals surface area contributed by atoms with E-state index in [-0.39, 0.29) is 6.03 Å². The molecule has 1 fully saturated rings. The third-order valence-electron chi connectivity index (χ3n) is 3.96. The van der Waals surface area contributed by atoms with E-state index in [2.05, 4.69) is 37.3 Å². The molecule has 24 heavy (non-hydrogen) atoms. The molecule has 126 valence electrons. The van der Waals surface area contributed by atoms with Crippen LogP contribution in [0.15, 0.2) is 41.1 Å². The van der Waals surface area contributed by atoms with Crippen LogP contribution in [0.5, 0.6) is 0 Å². The molecule has 2 aromatic rings. The number of nitrogens with one attached hydrogen (secondary N) is 1. The number of hydrogen-bond acceptors (Lipinski definition) is 4. The van der Waals surface area contributed by atoms with Crippen molar-refractivity contribution in [1.82, 2.24) is 14.9 Å². The van der Waals surface area contributed by atoms with E-state index < -0.39 is 0 Å². The van der Waals surface area contributed by atoms with Gasteiger partial charge in [0, 0.05) is 30.7 Å². The van der Waals surface area contributed by atoms with Gasteiger partial charge in [0.15, 0.2) is 0 Å². The maximum Gasteiger partial charge on any atom is 0.323 e. The van der Waals surface area contributed by atoms with Crippen LogP contribution in [0.2, 0.25) is 0 Å². The van der Waals surface area contributed by atoms with Crippen molar-refractivity contribution in [3.8, 4) is 0 Å². The first-order valence-corrected chi connectivity index (χ1v) is 8.54. The highest BCUT2D eigenvalue weighted by molar-refractivity contribution is 9.10. The lowest BCUT2D eigenvalue weighted by atomic mass is 9.92. The highest BCUT2D eigenvalue weighted by atomic mass is 79.9. The lowest BCUT2D eigenvalue weighted by Gasteiger charge is -2.39. The summed E-state index contributed by atoms with van der Waals surface area (Å²) in [4.78, 5) is 22.2. The molecule has 0 aliphatic carbocycles. The average Bonchev–Trinajstić information content (AvgIpc) is 2.52. The van der Waals surface area contributed by atoms with Crippen LogP contribution in [0, 0.1) is 5.92 Å².